The Labute approximate surface area is 157 Å². The smallest absolute Gasteiger partial charge is 0.256 e. The Morgan fingerprint density at radius 2 is 2.00 bits per heavy atom. The summed E-state index contributed by atoms with van der Waals surface area (Å²) in [7, 11) is 0. The number of nitrogens with one attached hydrogen (secondary N) is 1. The van der Waals surface area contributed by atoms with Gasteiger partial charge in [-0.25, -0.2) is 4.68 Å². The van der Waals surface area contributed by atoms with E-state index in [0.717, 1.165) is 12.0 Å². The minimum Gasteiger partial charge on any atom is -0.494 e. The summed E-state index contributed by atoms with van der Waals surface area (Å²) in [6.07, 6.45) is 2.58. The molecule has 0 bridgehead atoms. The molecule has 3 aromatic rings. The summed E-state index contributed by atoms with van der Waals surface area (Å²) in [5, 5.41) is 7.87. The molecule has 1 heterocycles. The highest BCUT2D eigenvalue weighted by Gasteiger charge is 2.11. The van der Waals surface area contributed by atoms with Gasteiger partial charge in [-0.05, 0) is 42.3 Å². The van der Waals surface area contributed by atoms with Crippen LogP contribution in [-0.2, 0) is 6.54 Å². The number of hydrogen-bond acceptors (Lipinski definition) is 3. The van der Waals surface area contributed by atoms with Crippen molar-refractivity contribution in [3.05, 3.63) is 76.9 Å². The molecule has 0 aliphatic rings. The highest BCUT2D eigenvalue weighted by Crippen LogP contribution is 2.17. The molecule has 0 radical (unpaired) electrons. The minimum absolute atomic E-state index is 0.204. The van der Waals surface area contributed by atoms with Gasteiger partial charge < -0.3 is 10.1 Å². The van der Waals surface area contributed by atoms with Crippen molar-refractivity contribution >= 4 is 23.3 Å². The fraction of sp³-hybridized carbons (Fsp3) is 0.200. The Morgan fingerprint density at radius 3 is 2.77 bits per heavy atom. The lowest BCUT2D eigenvalue weighted by Crippen LogP contribution is -2.16. The summed E-state index contributed by atoms with van der Waals surface area (Å²) < 4.78 is 7.32. The third-order valence-electron chi connectivity index (χ3n) is 3.77. The second kappa shape index (κ2) is 8.54. The maximum Gasteiger partial charge on any atom is 0.256 e. The average Bonchev–Trinajstić information content (AvgIpc) is 3.08. The van der Waals surface area contributed by atoms with Gasteiger partial charge in [0.25, 0.3) is 5.91 Å². The molecule has 0 saturated heterocycles. The summed E-state index contributed by atoms with van der Waals surface area (Å²) in [6.45, 7) is 3.21. The Balaban J connectivity index is 1.70. The fourth-order valence-corrected chi connectivity index (χ4v) is 2.59. The summed E-state index contributed by atoms with van der Waals surface area (Å²) in [6, 6.07) is 16.5. The standard InChI is InChI=1S/C20H20ClN3O2/c1-2-12-26-18-5-3-4-16(13-18)20(25)23-19-10-11-22-24(19)14-15-6-8-17(21)9-7-15/h3-11,13H,2,12,14H2,1H3,(H,23,25). The first-order valence-electron chi connectivity index (χ1n) is 8.46. The van der Waals surface area contributed by atoms with Crippen LogP contribution in [0.25, 0.3) is 0 Å². The number of ether oxygens (including phenoxy) is 1. The van der Waals surface area contributed by atoms with Crippen LogP contribution in [0.1, 0.15) is 29.3 Å². The van der Waals surface area contributed by atoms with Crippen molar-refractivity contribution < 1.29 is 9.53 Å². The molecule has 134 valence electrons. The normalized spacial score (nSPS) is 10.5. The number of amides is 1. The van der Waals surface area contributed by atoms with Gasteiger partial charge in [0.15, 0.2) is 0 Å². The molecule has 0 aliphatic carbocycles. The maximum atomic E-state index is 12.6. The lowest BCUT2D eigenvalue weighted by atomic mass is 10.2. The first kappa shape index (κ1) is 18.0. The first-order chi connectivity index (χ1) is 12.7. The monoisotopic (exact) mass is 369 g/mol. The number of aromatic nitrogens is 2. The first-order valence-corrected chi connectivity index (χ1v) is 8.84. The molecule has 2 aromatic carbocycles. The van der Waals surface area contributed by atoms with E-state index in [1.54, 1.807) is 29.1 Å². The van der Waals surface area contributed by atoms with Crippen LogP contribution in [0.3, 0.4) is 0 Å². The lowest BCUT2D eigenvalue weighted by Gasteiger charge is -2.10. The summed E-state index contributed by atoms with van der Waals surface area (Å²) >= 11 is 5.92. The molecule has 0 atom stereocenters. The van der Waals surface area contributed by atoms with Crippen LogP contribution in [0, 0.1) is 0 Å². The van der Waals surface area contributed by atoms with Gasteiger partial charge in [-0.2, -0.15) is 5.10 Å². The quantitative estimate of drug-likeness (QED) is 0.660. The number of nitrogens with zero attached hydrogens (tertiary/aromatic N) is 2. The lowest BCUT2D eigenvalue weighted by molar-refractivity contribution is 0.102. The number of anilines is 1. The van der Waals surface area contributed by atoms with E-state index >= 15 is 0 Å². The average molecular weight is 370 g/mol. The third-order valence-corrected chi connectivity index (χ3v) is 4.02. The highest BCUT2D eigenvalue weighted by atomic mass is 35.5. The highest BCUT2D eigenvalue weighted by molar-refractivity contribution is 6.30. The summed E-state index contributed by atoms with van der Waals surface area (Å²) in [5.41, 5.74) is 1.58. The Bertz CT molecular complexity index is 875. The van der Waals surface area contributed by atoms with Crippen molar-refractivity contribution in [3.63, 3.8) is 0 Å². The van der Waals surface area contributed by atoms with Gasteiger partial charge in [-0.3, -0.25) is 4.79 Å². The topological polar surface area (TPSA) is 56.1 Å². The van der Waals surface area contributed by atoms with Gasteiger partial charge in [0.1, 0.15) is 11.6 Å². The Kier molecular flexibility index (Phi) is 5.92. The van der Waals surface area contributed by atoms with Gasteiger partial charge in [-0.15, -0.1) is 0 Å². The number of benzene rings is 2. The van der Waals surface area contributed by atoms with Gasteiger partial charge in [0.05, 0.1) is 19.3 Å². The van der Waals surface area contributed by atoms with Crippen LogP contribution in [0.4, 0.5) is 5.82 Å². The van der Waals surface area contributed by atoms with Crippen molar-refractivity contribution in [1.29, 1.82) is 0 Å². The summed E-state index contributed by atoms with van der Waals surface area (Å²) in [5.74, 6) is 1.11. The van der Waals surface area contributed by atoms with E-state index in [-0.39, 0.29) is 5.91 Å². The fourth-order valence-electron chi connectivity index (χ4n) is 2.46. The van der Waals surface area contributed by atoms with Crippen molar-refractivity contribution in [2.45, 2.75) is 19.9 Å². The molecule has 0 spiro atoms. The van der Waals surface area contributed by atoms with Crippen molar-refractivity contribution in [2.75, 3.05) is 11.9 Å². The molecular formula is C20H20ClN3O2. The largest absolute Gasteiger partial charge is 0.494 e. The molecule has 1 aromatic heterocycles. The van der Waals surface area contributed by atoms with E-state index in [1.807, 2.05) is 43.3 Å². The number of rotatable bonds is 7. The Hall–Kier alpha value is -2.79. The van der Waals surface area contributed by atoms with E-state index in [4.69, 9.17) is 16.3 Å². The molecule has 1 N–H and O–H groups in total. The van der Waals surface area contributed by atoms with Crippen LogP contribution in [0.15, 0.2) is 60.8 Å². The molecule has 1 amide bonds. The zero-order valence-corrected chi connectivity index (χ0v) is 15.2. The van der Waals surface area contributed by atoms with Crippen LogP contribution < -0.4 is 10.1 Å². The number of halogens is 1. The molecule has 26 heavy (non-hydrogen) atoms. The number of hydrogen-bond donors (Lipinski definition) is 1. The van der Waals surface area contributed by atoms with Crippen LogP contribution >= 0.6 is 11.6 Å². The van der Waals surface area contributed by atoms with Crippen molar-refractivity contribution in [1.82, 2.24) is 9.78 Å². The predicted octanol–water partition coefficient (Wildman–Crippen LogP) is 4.63. The Morgan fingerprint density at radius 1 is 1.19 bits per heavy atom. The van der Waals surface area contributed by atoms with Crippen molar-refractivity contribution in [3.8, 4) is 5.75 Å². The number of carbonyl (C=O) groups excluding carboxylic acids is 1. The van der Waals surface area contributed by atoms with E-state index in [0.29, 0.717) is 35.3 Å². The third kappa shape index (κ3) is 4.64. The van der Waals surface area contributed by atoms with E-state index < -0.39 is 0 Å². The predicted molar refractivity (Wildman–Crippen MR) is 103 cm³/mol. The van der Waals surface area contributed by atoms with Crippen LogP contribution in [0.2, 0.25) is 5.02 Å². The van der Waals surface area contributed by atoms with E-state index in [2.05, 4.69) is 10.4 Å². The van der Waals surface area contributed by atoms with Gasteiger partial charge in [0, 0.05) is 16.7 Å². The minimum atomic E-state index is -0.204. The number of carbonyl (C=O) groups is 1. The molecule has 0 aliphatic heterocycles. The van der Waals surface area contributed by atoms with Crippen LogP contribution in [-0.4, -0.2) is 22.3 Å². The SMILES string of the molecule is CCCOc1cccc(C(=O)Nc2ccnn2Cc2ccc(Cl)cc2)c1. The molecule has 0 unspecified atom stereocenters. The molecule has 0 saturated carbocycles. The summed E-state index contributed by atoms with van der Waals surface area (Å²) in [4.78, 5) is 12.6. The van der Waals surface area contributed by atoms with E-state index in [1.165, 1.54) is 0 Å². The molecule has 0 fully saturated rings. The molecular weight excluding hydrogens is 350 g/mol. The van der Waals surface area contributed by atoms with Crippen LogP contribution in [0.5, 0.6) is 5.75 Å². The molecule has 6 heteroatoms. The zero-order chi connectivity index (χ0) is 18.4. The second-order valence-electron chi connectivity index (χ2n) is 5.83. The van der Waals surface area contributed by atoms with Gasteiger partial charge >= 0.3 is 0 Å². The molecule has 3 rings (SSSR count). The van der Waals surface area contributed by atoms with Crippen molar-refractivity contribution in [2.24, 2.45) is 0 Å². The maximum absolute atomic E-state index is 12.6. The van der Waals surface area contributed by atoms with E-state index in [9.17, 15) is 4.79 Å². The second-order valence-corrected chi connectivity index (χ2v) is 6.27. The molecule has 5 nitrogen and oxygen atoms in total. The van der Waals surface area contributed by atoms with Gasteiger partial charge in [0.2, 0.25) is 0 Å². The zero-order valence-electron chi connectivity index (χ0n) is 14.5. The van der Waals surface area contributed by atoms with Gasteiger partial charge in [-0.1, -0.05) is 36.7 Å².